The maximum absolute atomic E-state index is 11.8. The van der Waals surface area contributed by atoms with Gasteiger partial charge in [0.25, 0.3) is 0 Å². The van der Waals surface area contributed by atoms with Gasteiger partial charge in [-0.15, -0.1) is 0 Å². The van der Waals surface area contributed by atoms with Crippen molar-refractivity contribution >= 4 is 23.2 Å². The van der Waals surface area contributed by atoms with Crippen LogP contribution in [0.1, 0.15) is 25.7 Å². The van der Waals surface area contributed by atoms with Gasteiger partial charge in [-0.3, -0.25) is 4.79 Å². The number of rotatable bonds is 4. The lowest BCUT2D eigenvalue weighted by atomic mass is 9.93. The SMILES string of the molecule is O=C(CCC1CCNCC1)Nc1ccccc1Cl. The normalized spacial score (nSPS) is 16.5. The fraction of sp³-hybridized carbons (Fsp3) is 0.500. The highest BCUT2D eigenvalue weighted by atomic mass is 35.5. The van der Waals surface area contributed by atoms with E-state index in [-0.39, 0.29) is 5.91 Å². The molecule has 0 spiro atoms. The van der Waals surface area contributed by atoms with Gasteiger partial charge in [0.1, 0.15) is 0 Å². The Morgan fingerprint density at radius 2 is 2.06 bits per heavy atom. The average Bonchev–Trinajstić information content (AvgIpc) is 2.40. The highest BCUT2D eigenvalue weighted by Crippen LogP contribution is 2.22. The molecule has 2 rings (SSSR count). The predicted octanol–water partition coefficient (Wildman–Crippen LogP) is 3.06. The van der Waals surface area contributed by atoms with Crippen molar-refractivity contribution in [1.29, 1.82) is 0 Å². The Kier molecular flexibility index (Phi) is 5.02. The van der Waals surface area contributed by atoms with Gasteiger partial charge in [0, 0.05) is 6.42 Å². The van der Waals surface area contributed by atoms with E-state index in [0.717, 1.165) is 19.5 Å². The Bertz CT molecular complexity index is 403. The van der Waals surface area contributed by atoms with E-state index >= 15 is 0 Å². The third kappa shape index (κ3) is 4.00. The van der Waals surface area contributed by atoms with Crippen LogP contribution in [0.25, 0.3) is 0 Å². The van der Waals surface area contributed by atoms with Gasteiger partial charge in [-0.1, -0.05) is 23.7 Å². The molecule has 0 aliphatic carbocycles. The third-order valence-corrected chi connectivity index (χ3v) is 3.72. The van der Waals surface area contributed by atoms with E-state index in [2.05, 4.69) is 10.6 Å². The second kappa shape index (κ2) is 6.76. The first kappa shape index (κ1) is 13.4. The number of anilines is 1. The van der Waals surface area contributed by atoms with E-state index in [1.54, 1.807) is 6.07 Å². The molecule has 1 saturated heterocycles. The van der Waals surface area contributed by atoms with Crippen LogP contribution in [0.3, 0.4) is 0 Å². The van der Waals surface area contributed by atoms with Crippen LogP contribution in [0.4, 0.5) is 5.69 Å². The fourth-order valence-corrected chi connectivity index (χ4v) is 2.46. The molecule has 1 heterocycles. The predicted molar refractivity (Wildman–Crippen MR) is 74.9 cm³/mol. The van der Waals surface area contributed by atoms with Gasteiger partial charge in [-0.05, 0) is 50.4 Å². The lowest BCUT2D eigenvalue weighted by Crippen LogP contribution is -2.28. The number of carbonyl (C=O) groups excluding carboxylic acids is 1. The molecule has 98 valence electrons. The number of hydrogen-bond acceptors (Lipinski definition) is 2. The minimum absolute atomic E-state index is 0.0571. The molecule has 0 atom stereocenters. The Balaban J connectivity index is 1.76. The summed E-state index contributed by atoms with van der Waals surface area (Å²) in [6.45, 7) is 2.16. The lowest BCUT2D eigenvalue weighted by Gasteiger charge is -2.22. The summed E-state index contributed by atoms with van der Waals surface area (Å²) < 4.78 is 0. The Labute approximate surface area is 113 Å². The summed E-state index contributed by atoms with van der Waals surface area (Å²) in [5.74, 6) is 0.741. The number of hydrogen-bond donors (Lipinski definition) is 2. The van der Waals surface area contributed by atoms with Crippen LogP contribution in [-0.2, 0) is 4.79 Å². The molecule has 1 amide bonds. The fourth-order valence-electron chi connectivity index (χ4n) is 2.28. The van der Waals surface area contributed by atoms with Crippen molar-refractivity contribution in [2.45, 2.75) is 25.7 Å². The van der Waals surface area contributed by atoms with Crippen LogP contribution in [-0.4, -0.2) is 19.0 Å². The zero-order chi connectivity index (χ0) is 12.8. The van der Waals surface area contributed by atoms with Gasteiger partial charge >= 0.3 is 0 Å². The molecular weight excluding hydrogens is 248 g/mol. The minimum Gasteiger partial charge on any atom is -0.325 e. The second-order valence-electron chi connectivity index (χ2n) is 4.76. The summed E-state index contributed by atoms with van der Waals surface area (Å²) in [5.41, 5.74) is 0.703. The molecule has 18 heavy (non-hydrogen) atoms. The van der Waals surface area contributed by atoms with Gasteiger partial charge in [0.05, 0.1) is 10.7 Å². The Morgan fingerprint density at radius 3 is 2.78 bits per heavy atom. The molecule has 1 aliphatic heterocycles. The molecule has 1 aliphatic rings. The summed E-state index contributed by atoms with van der Waals surface area (Å²) in [4.78, 5) is 11.8. The maximum Gasteiger partial charge on any atom is 0.224 e. The van der Waals surface area contributed by atoms with Crippen LogP contribution in [0.2, 0.25) is 5.02 Å². The van der Waals surface area contributed by atoms with Crippen molar-refractivity contribution in [3.63, 3.8) is 0 Å². The third-order valence-electron chi connectivity index (χ3n) is 3.39. The Morgan fingerprint density at radius 1 is 1.33 bits per heavy atom. The molecule has 2 N–H and O–H groups in total. The quantitative estimate of drug-likeness (QED) is 0.879. The van der Waals surface area contributed by atoms with Crippen LogP contribution in [0.15, 0.2) is 24.3 Å². The molecule has 1 fully saturated rings. The van der Waals surface area contributed by atoms with Gasteiger partial charge < -0.3 is 10.6 Å². The highest BCUT2D eigenvalue weighted by Gasteiger charge is 2.14. The summed E-state index contributed by atoms with van der Waals surface area (Å²) in [6, 6.07) is 7.33. The number of halogens is 1. The molecule has 1 aromatic rings. The first-order valence-electron chi connectivity index (χ1n) is 6.51. The van der Waals surface area contributed by atoms with Gasteiger partial charge in [-0.2, -0.15) is 0 Å². The molecule has 0 saturated carbocycles. The molecule has 1 aromatic carbocycles. The number of carbonyl (C=O) groups is 1. The standard InChI is InChI=1S/C14H19ClN2O/c15-12-3-1-2-4-13(12)17-14(18)6-5-11-7-9-16-10-8-11/h1-4,11,16H,5-10H2,(H,17,18). The largest absolute Gasteiger partial charge is 0.325 e. The van der Waals surface area contributed by atoms with Crippen molar-refractivity contribution in [2.24, 2.45) is 5.92 Å². The van der Waals surface area contributed by atoms with Crippen molar-refractivity contribution in [2.75, 3.05) is 18.4 Å². The summed E-state index contributed by atoms with van der Waals surface area (Å²) in [6.07, 6.45) is 3.91. The van der Waals surface area contributed by atoms with E-state index < -0.39 is 0 Å². The first-order chi connectivity index (χ1) is 8.75. The highest BCUT2D eigenvalue weighted by molar-refractivity contribution is 6.33. The molecule has 0 unspecified atom stereocenters. The summed E-state index contributed by atoms with van der Waals surface area (Å²) in [7, 11) is 0. The molecular formula is C14H19ClN2O. The first-order valence-corrected chi connectivity index (χ1v) is 6.88. The molecule has 4 heteroatoms. The number of benzene rings is 1. The lowest BCUT2D eigenvalue weighted by molar-refractivity contribution is -0.116. The zero-order valence-corrected chi connectivity index (χ0v) is 11.2. The molecule has 3 nitrogen and oxygen atoms in total. The van der Waals surface area contributed by atoms with Crippen LogP contribution in [0, 0.1) is 5.92 Å². The minimum atomic E-state index is 0.0571. The maximum atomic E-state index is 11.8. The van der Waals surface area contributed by atoms with Crippen molar-refractivity contribution in [1.82, 2.24) is 5.32 Å². The second-order valence-corrected chi connectivity index (χ2v) is 5.17. The van der Waals surface area contributed by atoms with E-state index in [9.17, 15) is 4.79 Å². The van der Waals surface area contributed by atoms with Crippen molar-refractivity contribution in [3.8, 4) is 0 Å². The van der Waals surface area contributed by atoms with Gasteiger partial charge in [-0.25, -0.2) is 0 Å². The van der Waals surface area contributed by atoms with Crippen LogP contribution < -0.4 is 10.6 Å². The monoisotopic (exact) mass is 266 g/mol. The topological polar surface area (TPSA) is 41.1 Å². The Hall–Kier alpha value is -1.06. The van der Waals surface area contributed by atoms with E-state index in [1.807, 2.05) is 18.2 Å². The van der Waals surface area contributed by atoms with Crippen LogP contribution >= 0.6 is 11.6 Å². The van der Waals surface area contributed by atoms with Crippen molar-refractivity contribution in [3.05, 3.63) is 29.3 Å². The number of nitrogens with one attached hydrogen (secondary N) is 2. The van der Waals surface area contributed by atoms with E-state index in [0.29, 0.717) is 23.0 Å². The zero-order valence-electron chi connectivity index (χ0n) is 10.4. The summed E-state index contributed by atoms with van der Waals surface area (Å²) >= 11 is 5.99. The number of para-hydroxylation sites is 1. The van der Waals surface area contributed by atoms with Gasteiger partial charge in [0.15, 0.2) is 0 Å². The number of piperidine rings is 1. The van der Waals surface area contributed by atoms with E-state index in [4.69, 9.17) is 11.6 Å². The summed E-state index contributed by atoms with van der Waals surface area (Å²) in [5, 5.41) is 6.79. The van der Waals surface area contributed by atoms with E-state index in [1.165, 1.54) is 12.8 Å². The average molecular weight is 267 g/mol. The smallest absolute Gasteiger partial charge is 0.224 e. The van der Waals surface area contributed by atoms with Crippen LogP contribution in [0.5, 0.6) is 0 Å². The van der Waals surface area contributed by atoms with Crippen molar-refractivity contribution < 1.29 is 4.79 Å². The molecule has 0 radical (unpaired) electrons. The molecule has 0 aromatic heterocycles. The van der Waals surface area contributed by atoms with Gasteiger partial charge in [0.2, 0.25) is 5.91 Å². The molecule has 0 bridgehead atoms. The number of amides is 1.